The zero-order valence-corrected chi connectivity index (χ0v) is 15.9. The SMILES string of the molecule is CC(C)c1cc(C(=N)Nc2ccc(CN3CCNCC3)cc2)c(O)cc1O. The molecule has 0 saturated carbocycles. The molecule has 1 fully saturated rings. The van der Waals surface area contributed by atoms with Gasteiger partial charge in [-0.05, 0) is 35.2 Å². The molecule has 0 spiro atoms. The van der Waals surface area contributed by atoms with Crippen molar-refractivity contribution in [1.82, 2.24) is 10.2 Å². The lowest BCUT2D eigenvalue weighted by atomic mass is 9.98. The Labute approximate surface area is 160 Å². The molecule has 0 aromatic heterocycles. The van der Waals surface area contributed by atoms with E-state index in [2.05, 4.69) is 27.7 Å². The van der Waals surface area contributed by atoms with Crippen molar-refractivity contribution in [3.8, 4) is 11.5 Å². The maximum absolute atomic E-state index is 10.1. The molecule has 27 heavy (non-hydrogen) atoms. The van der Waals surface area contributed by atoms with Crippen molar-refractivity contribution < 1.29 is 10.2 Å². The maximum Gasteiger partial charge on any atom is 0.133 e. The quantitative estimate of drug-likeness (QED) is 0.413. The summed E-state index contributed by atoms with van der Waals surface area (Å²) in [6, 6.07) is 11.0. The Balaban J connectivity index is 1.68. The number of benzene rings is 2. The molecule has 0 radical (unpaired) electrons. The molecule has 3 rings (SSSR count). The van der Waals surface area contributed by atoms with Crippen LogP contribution < -0.4 is 10.6 Å². The van der Waals surface area contributed by atoms with E-state index in [0.717, 1.165) is 38.4 Å². The van der Waals surface area contributed by atoms with Crippen LogP contribution >= 0.6 is 0 Å². The molecule has 0 amide bonds. The molecule has 1 heterocycles. The van der Waals surface area contributed by atoms with E-state index < -0.39 is 0 Å². The topological polar surface area (TPSA) is 91.6 Å². The molecule has 0 atom stereocenters. The molecule has 0 unspecified atom stereocenters. The third kappa shape index (κ3) is 4.78. The number of rotatable bonds is 5. The van der Waals surface area contributed by atoms with Crippen LogP contribution in [0.15, 0.2) is 36.4 Å². The van der Waals surface area contributed by atoms with Crippen molar-refractivity contribution in [2.75, 3.05) is 31.5 Å². The highest BCUT2D eigenvalue weighted by Crippen LogP contribution is 2.32. The van der Waals surface area contributed by atoms with Gasteiger partial charge in [-0.25, -0.2) is 0 Å². The number of nitrogens with zero attached hydrogens (tertiary/aromatic N) is 1. The molecule has 1 saturated heterocycles. The van der Waals surface area contributed by atoms with Crippen molar-refractivity contribution in [1.29, 1.82) is 5.41 Å². The van der Waals surface area contributed by atoms with E-state index in [0.29, 0.717) is 11.1 Å². The fourth-order valence-corrected chi connectivity index (χ4v) is 3.29. The molecule has 2 aromatic rings. The van der Waals surface area contributed by atoms with Gasteiger partial charge in [-0.3, -0.25) is 10.3 Å². The summed E-state index contributed by atoms with van der Waals surface area (Å²) in [7, 11) is 0. The van der Waals surface area contributed by atoms with Crippen molar-refractivity contribution in [3.63, 3.8) is 0 Å². The number of hydrogen-bond acceptors (Lipinski definition) is 5. The van der Waals surface area contributed by atoms with Crippen LogP contribution in [0.4, 0.5) is 5.69 Å². The van der Waals surface area contributed by atoms with Gasteiger partial charge in [-0.2, -0.15) is 0 Å². The summed E-state index contributed by atoms with van der Waals surface area (Å²) in [5.41, 5.74) is 3.12. The first kappa shape index (κ1) is 19.2. The van der Waals surface area contributed by atoms with Crippen LogP contribution in [-0.2, 0) is 6.54 Å². The maximum atomic E-state index is 10.1. The first-order valence-electron chi connectivity index (χ1n) is 9.38. The Bertz CT molecular complexity index is 797. The van der Waals surface area contributed by atoms with Crippen molar-refractivity contribution >= 4 is 11.5 Å². The van der Waals surface area contributed by atoms with Crippen LogP contribution in [0.5, 0.6) is 11.5 Å². The summed E-state index contributed by atoms with van der Waals surface area (Å²) in [5.74, 6) is 0.145. The van der Waals surface area contributed by atoms with Crippen molar-refractivity contribution in [2.45, 2.75) is 26.3 Å². The average molecular weight is 368 g/mol. The van der Waals surface area contributed by atoms with Crippen molar-refractivity contribution in [3.05, 3.63) is 53.1 Å². The van der Waals surface area contributed by atoms with E-state index in [9.17, 15) is 10.2 Å². The molecule has 1 aliphatic heterocycles. The van der Waals surface area contributed by atoms with E-state index in [4.69, 9.17) is 5.41 Å². The van der Waals surface area contributed by atoms with Crippen LogP contribution in [0, 0.1) is 5.41 Å². The van der Waals surface area contributed by atoms with Crippen molar-refractivity contribution in [2.24, 2.45) is 0 Å². The van der Waals surface area contributed by atoms with E-state index in [1.54, 1.807) is 6.07 Å². The van der Waals surface area contributed by atoms with Crippen LogP contribution in [0.3, 0.4) is 0 Å². The highest BCUT2D eigenvalue weighted by Gasteiger charge is 2.15. The minimum atomic E-state index is -0.107. The van der Waals surface area contributed by atoms with E-state index >= 15 is 0 Å². The summed E-state index contributed by atoms with van der Waals surface area (Å²) < 4.78 is 0. The minimum absolute atomic E-state index is 0.0521. The average Bonchev–Trinajstić information content (AvgIpc) is 2.64. The lowest BCUT2D eigenvalue weighted by Gasteiger charge is -2.27. The molecule has 2 aromatic carbocycles. The van der Waals surface area contributed by atoms with Gasteiger partial charge in [-0.15, -0.1) is 0 Å². The third-order valence-corrected chi connectivity index (χ3v) is 4.88. The second-order valence-electron chi connectivity index (χ2n) is 7.31. The predicted molar refractivity (Wildman–Crippen MR) is 109 cm³/mol. The summed E-state index contributed by atoms with van der Waals surface area (Å²) in [6.45, 7) is 9.03. The molecule has 144 valence electrons. The standard InChI is InChI=1S/C21H28N4O2/c1-14(2)17-11-18(20(27)12-19(17)26)21(22)24-16-5-3-15(4-6-16)13-25-9-7-23-8-10-25/h3-6,11-12,14,23,26-27H,7-10,13H2,1-2H3,(H2,22,24). The van der Waals surface area contributed by atoms with Crippen LogP contribution in [-0.4, -0.2) is 47.1 Å². The molecule has 1 aliphatic rings. The lowest BCUT2D eigenvalue weighted by molar-refractivity contribution is 0.233. The molecular weight excluding hydrogens is 340 g/mol. The van der Waals surface area contributed by atoms with Gasteiger partial charge in [0.05, 0.1) is 5.56 Å². The number of hydrogen-bond donors (Lipinski definition) is 5. The fourth-order valence-electron chi connectivity index (χ4n) is 3.29. The number of amidine groups is 1. The molecule has 6 nitrogen and oxygen atoms in total. The number of phenols is 2. The second kappa shape index (κ2) is 8.41. The number of anilines is 1. The fraction of sp³-hybridized carbons (Fsp3) is 0.381. The van der Waals surface area contributed by atoms with Gasteiger partial charge < -0.3 is 20.8 Å². The van der Waals surface area contributed by atoms with E-state index in [1.165, 1.54) is 11.6 Å². The molecular formula is C21H28N4O2. The highest BCUT2D eigenvalue weighted by molar-refractivity contribution is 6.08. The number of piperazine rings is 1. The predicted octanol–water partition coefficient (Wildman–Crippen LogP) is 3.06. The first-order valence-corrected chi connectivity index (χ1v) is 9.38. The Kier molecular flexibility index (Phi) is 5.98. The van der Waals surface area contributed by atoms with Gasteiger partial charge in [0.15, 0.2) is 0 Å². The molecule has 0 bridgehead atoms. The number of nitrogens with one attached hydrogen (secondary N) is 3. The highest BCUT2D eigenvalue weighted by atomic mass is 16.3. The summed E-state index contributed by atoms with van der Waals surface area (Å²) >= 11 is 0. The van der Waals surface area contributed by atoms with Gasteiger partial charge >= 0.3 is 0 Å². The van der Waals surface area contributed by atoms with Gasteiger partial charge in [0.1, 0.15) is 17.3 Å². The number of phenolic OH excluding ortho intramolecular Hbond substituents is 2. The smallest absolute Gasteiger partial charge is 0.133 e. The molecule has 5 N–H and O–H groups in total. The molecule has 6 heteroatoms. The summed E-state index contributed by atoms with van der Waals surface area (Å²) in [6.07, 6.45) is 0. The van der Waals surface area contributed by atoms with Gasteiger partial charge in [0, 0.05) is 44.5 Å². The zero-order chi connectivity index (χ0) is 19.4. The Morgan fingerprint density at radius 1 is 1.11 bits per heavy atom. The Morgan fingerprint density at radius 3 is 2.41 bits per heavy atom. The summed E-state index contributed by atoms with van der Waals surface area (Å²) in [4.78, 5) is 2.42. The largest absolute Gasteiger partial charge is 0.508 e. The third-order valence-electron chi connectivity index (χ3n) is 4.88. The van der Waals surface area contributed by atoms with Gasteiger partial charge in [0.2, 0.25) is 0 Å². The van der Waals surface area contributed by atoms with Crippen LogP contribution in [0.1, 0.15) is 36.5 Å². The lowest BCUT2D eigenvalue weighted by Crippen LogP contribution is -2.42. The van der Waals surface area contributed by atoms with E-state index in [1.807, 2.05) is 26.0 Å². The molecule has 0 aliphatic carbocycles. The van der Waals surface area contributed by atoms with Crippen LogP contribution in [0.2, 0.25) is 0 Å². The normalized spacial score (nSPS) is 15.1. The Morgan fingerprint density at radius 2 is 1.78 bits per heavy atom. The van der Waals surface area contributed by atoms with Gasteiger partial charge in [-0.1, -0.05) is 26.0 Å². The minimum Gasteiger partial charge on any atom is -0.508 e. The van der Waals surface area contributed by atoms with E-state index in [-0.39, 0.29) is 23.3 Å². The monoisotopic (exact) mass is 368 g/mol. The summed E-state index contributed by atoms with van der Waals surface area (Å²) in [5, 5.41) is 34.8. The number of aromatic hydroxyl groups is 2. The second-order valence-corrected chi connectivity index (χ2v) is 7.31. The first-order chi connectivity index (χ1) is 12.9. The Hall–Kier alpha value is -2.57. The van der Waals surface area contributed by atoms with Crippen LogP contribution in [0.25, 0.3) is 0 Å². The zero-order valence-electron chi connectivity index (χ0n) is 15.9. The van der Waals surface area contributed by atoms with Gasteiger partial charge in [0.25, 0.3) is 0 Å².